The molecule has 3 rings (SSSR count). The van der Waals surface area contributed by atoms with E-state index >= 15 is 0 Å². The van der Waals surface area contributed by atoms with Crippen molar-refractivity contribution in [3.05, 3.63) is 30.3 Å². The zero-order valence-electron chi connectivity index (χ0n) is 19.9. The number of hydrogen-bond acceptors (Lipinski definition) is 7. The summed E-state index contributed by atoms with van der Waals surface area (Å²) in [6, 6.07) is 7.39. The van der Waals surface area contributed by atoms with Crippen LogP contribution in [0.1, 0.15) is 58.3 Å². The number of aliphatic hydroxyl groups is 2. The highest BCUT2D eigenvalue weighted by Crippen LogP contribution is 2.31. The predicted octanol–water partition coefficient (Wildman–Crippen LogP) is 1.75. The summed E-state index contributed by atoms with van der Waals surface area (Å²) in [4.78, 5) is 37.7. The van der Waals surface area contributed by atoms with Gasteiger partial charge in [0, 0.05) is 12.5 Å². The number of Topliss-reactive ketones (excluding diaryl/α,β-unsaturated/α-hetero) is 2. The van der Waals surface area contributed by atoms with Crippen LogP contribution in [0.15, 0.2) is 30.3 Å². The Morgan fingerprint density at radius 3 is 2.50 bits per heavy atom. The molecule has 2 aliphatic carbocycles. The van der Waals surface area contributed by atoms with Crippen molar-refractivity contribution in [3.8, 4) is 5.75 Å². The van der Waals surface area contributed by atoms with Crippen LogP contribution in [0.2, 0.25) is 0 Å². The summed E-state index contributed by atoms with van der Waals surface area (Å²) in [5.41, 5.74) is 6.18. The lowest BCUT2D eigenvalue weighted by molar-refractivity contribution is -0.132. The molecular weight excluding hydrogens is 436 g/mol. The predicted molar refractivity (Wildman–Crippen MR) is 127 cm³/mol. The minimum absolute atomic E-state index is 0.0786. The van der Waals surface area contributed by atoms with E-state index in [0.29, 0.717) is 18.1 Å². The molecule has 6 atom stereocenters. The van der Waals surface area contributed by atoms with Crippen LogP contribution in [0.5, 0.6) is 5.75 Å². The Labute approximate surface area is 201 Å². The van der Waals surface area contributed by atoms with Crippen LogP contribution in [0.25, 0.3) is 0 Å². The number of rotatable bonds is 11. The van der Waals surface area contributed by atoms with Crippen LogP contribution in [0.4, 0.5) is 0 Å². The van der Waals surface area contributed by atoms with Gasteiger partial charge in [-0.3, -0.25) is 14.4 Å². The molecule has 2 unspecified atom stereocenters. The summed E-state index contributed by atoms with van der Waals surface area (Å²) in [6.07, 6.45) is 4.22. The van der Waals surface area contributed by atoms with Crippen LogP contribution >= 0.6 is 0 Å². The molecule has 0 radical (unpaired) electrons. The van der Waals surface area contributed by atoms with E-state index < -0.39 is 42.0 Å². The molecule has 0 aliphatic heterocycles. The molecule has 0 spiro atoms. The smallest absolute Gasteiger partial charge is 0.258 e. The Kier molecular flexibility index (Phi) is 9.62. The fourth-order valence-corrected chi connectivity index (χ4v) is 5.31. The van der Waals surface area contributed by atoms with Crippen LogP contribution in [-0.4, -0.2) is 58.6 Å². The maximum atomic E-state index is 12.9. The van der Waals surface area contributed by atoms with Gasteiger partial charge in [0.25, 0.3) is 5.91 Å². The number of para-hydroxylation sites is 1. The molecule has 1 aromatic rings. The molecule has 2 fully saturated rings. The van der Waals surface area contributed by atoms with Gasteiger partial charge in [-0.2, -0.15) is 0 Å². The number of benzene rings is 1. The van der Waals surface area contributed by atoms with Crippen molar-refractivity contribution in [1.29, 1.82) is 0 Å². The van der Waals surface area contributed by atoms with E-state index in [9.17, 15) is 24.6 Å². The maximum Gasteiger partial charge on any atom is 0.258 e. The topological polar surface area (TPSA) is 139 Å². The Balaban J connectivity index is 1.47. The second-order valence-electron chi connectivity index (χ2n) is 9.95. The average Bonchev–Trinajstić information content (AvgIpc) is 3.10. The zero-order valence-corrected chi connectivity index (χ0v) is 19.9. The van der Waals surface area contributed by atoms with E-state index in [1.54, 1.807) is 31.2 Å². The van der Waals surface area contributed by atoms with Gasteiger partial charge in [0.15, 0.2) is 12.4 Å². The molecule has 0 aromatic heterocycles. The third-order valence-electron chi connectivity index (χ3n) is 7.20. The van der Waals surface area contributed by atoms with Crippen molar-refractivity contribution < 1.29 is 29.3 Å². The molecule has 8 heteroatoms. The summed E-state index contributed by atoms with van der Waals surface area (Å²) in [6.45, 7) is 1.46. The van der Waals surface area contributed by atoms with Gasteiger partial charge in [0.1, 0.15) is 11.5 Å². The zero-order chi connectivity index (χ0) is 24.7. The molecule has 0 saturated heterocycles. The molecule has 34 heavy (non-hydrogen) atoms. The van der Waals surface area contributed by atoms with Crippen molar-refractivity contribution in [3.63, 3.8) is 0 Å². The van der Waals surface area contributed by atoms with Crippen molar-refractivity contribution >= 4 is 17.5 Å². The number of carbonyl (C=O) groups excluding carboxylic acids is 3. The lowest BCUT2D eigenvalue weighted by atomic mass is 9.81. The largest absolute Gasteiger partial charge is 0.484 e. The average molecular weight is 475 g/mol. The molecular formula is C26H38N2O6. The Hall–Kier alpha value is -2.29. The molecule has 5 N–H and O–H groups in total. The molecule has 188 valence electrons. The lowest BCUT2D eigenvalue weighted by Crippen LogP contribution is -2.46. The molecule has 2 aliphatic rings. The summed E-state index contributed by atoms with van der Waals surface area (Å²) >= 11 is 0. The summed E-state index contributed by atoms with van der Waals surface area (Å²) in [7, 11) is 0. The number of hydrogen-bond donors (Lipinski definition) is 4. The van der Waals surface area contributed by atoms with Gasteiger partial charge >= 0.3 is 0 Å². The van der Waals surface area contributed by atoms with E-state index in [1.165, 1.54) is 19.3 Å². The number of aliphatic hydroxyl groups excluding tert-OH is 2. The molecule has 1 amide bonds. The standard InChI is InChI=1S/C26H38N2O6/c1-16(12-22(30)25(32)19(27)13-17-8-4-2-5-9-17)24-21(29)14-20(26(24)33)28-23(31)15-34-18-10-6-3-7-11-18/h3,6-7,10-11,16-17,19-20,22,24-25,30,32H,2,4-5,8-9,12-15,27H2,1H3,(H,28,31)/t16?,19-,20-,22+,24?,25+/m0/s1. The highest BCUT2D eigenvalue weighted by molar-refractivity contribution is 6.13. The quantitative estimate of drug-likeness (QED) is 0.358. The first kappa shape index (κ1) is 26.3. The van der Waals surface area contributed by atoms with Crippen molar-refractivity contribution in [1.82, 2.24) is 5.32 Å². The van der Waals surface area contributed by atoms with Gasteiger partial charge < -0.3 is 26.0 Å². The first-order valence-corrected chi connectivity index (χ1v) is 12.4. The number of nitrogens with two attached hydrogens (primary N) is 1. The highest BCUT2D eigenvalue weighted by Gasteiger charge is 2.45. The minimum Gasteiger partial charge on any atom is -0.484 e. The first-order valence-electron chi connectivity index (χ1n) is 12.4. The Morgan fingerprint density at radius 1 is 1.15 bits per heavy atom. The Bertz CT molecular complexity index is 826. The van der Waals surface area contributed by atoms with Crippen molar-refractivity contribution in [2.24, 2.45) is 23.5 Å². The van der Waals surface area contributed by atoms with Gasteiger partial charge in [0.2, 0.25) is 0 Å². The number of nitrogens with one attached hydrogen (secondary N) is 1. The fourth-order valence-electron chi connectivity index (χ4n) is 5.31. The monoisotopic (exact) mass is 474 g/mol. The fraction of sp³-hybridized carbons (Fsp3) is 0.654. The molecule has 2 saturated carbocycles. The highest BCUT2D eigenvalue weighted by atomic mass is 16.5. The van der Waals surface area contributed by atoms with Crippen molar-refractivity contribution in [2.75, 3.05) is 6.61 Å². The summed E-state index contributed by atoms with van der Waals surface area (Å²) in [5.74, 6) is -1.50. The van der Waals surface area contributed by atoms with Gasteiger partial charge in [-0.05, 0) is 36.8 Å². The van der Waals surface area contributed by atoms with Gasteiger partial charge in [0.05, 0.1) is 24.2 Å². The number of ketones is 2. The van der Waals surface area contributed by atoms with Gasteiger partial charge in [-0.15, -0.1) is 0 Å². The molecule has 8 nitrogen and oxygen atoms in total. The summed E-state index contributed by atoms with van der Waals surface area (Å²) < 4.78 is 5.39. The number of carbonyl (C=O) groups is 3. The second kappa shape index (κ2) is 12.4. The van der Waals surface area contributed by atoms with Crippen LogP contribution in [-0.2, 0) is 14.4 Å². The first-order chi connectivity index (χ1) is 16.3. The summed E-state index contributed by atoms with van der Waals surface area (Å²) in [5, 5.41) is 23.7. The maximum absolute atomic E-state index is 12.9. The number of amides is 1. The SMILES string of the molecule is CC(C[C@@H](O)[C@H](O)[C@@H](N)CC1CCCCC1)C1C(=O)C[C@H](NC(=O)COc2ccccc2)C1=O. The van der Waals surface area contributed by atoms with Crippen LogP contribution in [0.3, 0.4) is 0 Å². The van der Waals surface area contributed by atoms with E-state index in [0.717, 1.165) is 12.8 Å². The van der Waals surface area contributed by atoms with Gasteiger partial charge in [-0.1, -0.05) is 57.2 Å². The van der Waals surface area contributed by atoms with Gasteiger partial charge in [-0.25, -0.2) is 0 Å². The van der Waals surface area contributed by atoms with Crippen LogP contribution in [0, 0.1) is 17.8 Å². The van der Waals surface area contributed by atoms with Crippen LogP contribution < -0.4 is 15.8 Å². The molecule has 0 bridgehead atoms. The third-order valence-corrected chi connectivity index (χ3v) is 7.20. The molecule has 1 aromatic carbocycles. The van der Waals surface area contributed by atoms with E-state index in [1.807, 2.05) is 6.07 Å². The van der Waals surface area contributed by atoms with E-state index in [2.05, 4.69) is 5.32 Å². The normalized spacial score (nSPS) is 24.9. The van der Waals surface area contributed by atoms with E-state index in [4.69, 9.17) is 10.5 Å². The number of ether oxygens (including phenoxy) is 1. The Morgan fingerprint density at radius 2 is 1.82 bits per heavy atom. The minimum atomic E-state index is -1.12. The molecule has 0 heterocycles. The van der Waals surface area contributed by atoms with E-state index in [-0.39, 0.29) is 31.0 Å². The van der Waals surface area contributed by atoms with Crippen molar-refractivity contribution in [2.45, 2.75) is 82.6 Å². The third kappa shape index (κ3) is 7.10. The lowest BCUT2D eigenvalue weighted by Gasteiger charge is -2.30. The second-order valence-corrected chi connectivity index (χ2v) is 9.95.